The number of likely N-dealkylation sites (tertiary alicyclic amines) is 1. The molecule has 8 heteroatoms. The van der Waals surface area contributed by atoms with E-state index < -0.39 is 23.7 Å². The number of phenols is 1. The lowest BCUT2D eigenvalue weighted by Gasteiger charge is -2.42. The zero-order valence-corrected chi connectivity index (χ0v) is 19.7. The van der Waals surface area contributed by atoms with E-state index in [-0.39, 0.29) is 40.0 Å². The van der Waals surface area contributed by atoms with E-state index in [1.54, 1.807) is 19.1 Å². The van der Waals surface area contributed by atoms with Gasteiger partial charge in [0.15, 0.2) is 11.6 Å². The highest BCUT2D eigenvalue weighted by atomic mass is 79.9. The number of methoxy groups -OCH3 is 1. The summed E-state index contributed by atoms with van der Waals surface area (Å²) in [5, 5.41) is 10.8. The fourth-order valence-electron chi connectivity index (χ4n) is 5.92. The van der Waals surface area contributed by atoms with E-state index in [1.165, 1.54) is 24.2 Å². The van der Waals surface area contributed by atoms with E-state index in [0.717, 1.165) is 5.57 Å². The molecular formula is C25H22BrNO6. The summed E-state index contributed by atoms with van der Waals surface area (Å²) in [5.41, 5.74) is 1.79. The summed E-state index contributed by atoms with van der Waals surface area (Å²) in [6, 6.07) is 4.84. The topological polar surface area (TPSA) is 101 Å². The van der Waals surface area contributed by atoms with Crippen molar-refractivity contribution < 1.29 is 29.0 Å². The van der Waals surface area contributed by atoms with Gasteiger partial charge in [-0.1, -0.05) is 17.7 Å². The Balaban J connectivity index is 1.75. The van der Waals surface area contributed by atoms with Gasteiger partial charge < -0.3 is 9.84 Å². The van der Waals surface area contributed by atoms with Crippen LogP contribution in [0.1, 0.15) is 31.2 Å². The molecule has 4 atom stereocenters. The Bertz CT molecular complexity index is 1230. The summed E-state index contributed by atoms with van der Waals surface area (Å²) in [4.78, 5) is 53.8. The Hall–Kier alpha value is -3.00. The molecule has 1 aliphatic heterocycles. The van der Waals surface area contributed by atoms with Crippen molar-refractivity contribution in [2.24, 2.45) is 17.8 Å². The average Bonchev–Trinajstić information content (AvgIpc) is 3.05. The van der Waals surface area contributed by atoms with Gasteiger partial charge in [-0.2, -0.15) is 0 Å². The number of phenolic OH excluding ortho intramolecular Hbond substituents is 1. The van der Waals surface area contributed by atoms with Crippen LogP contribution < -0.4 is 4.74 Å². The highest BCUT2D eigenvalue weighted by Gasteiger charge is 2.56. The van der Waals surface area contributed by atoms with Crippen molar-refractivity contribution in [1.29, 1.82) is 0 Å². The fourth-order valence-corrected chi connectivity index (χ4v) is 6.36. The number of aromatic hydroxyl groups is 1. The van der Waals surface area contributed by atoms with E-state index in [2.05, 4.69) is 15.9 Å². The molecule has 1 aromatic rings. The Morgan fingerprint density at radius 3 is 2.61 bits per heavy atom. The van der Waals surface area contributed by atoms with E-state index in [1.807, 2.05) is 6.08 Å². The summed E-state index contributed by atoms with van der Waals surface area (Å²) in [5.74, 6) is -2.99. The summed E-state index contributed by atoms with van der Waals surface area (Å²) < 4.78 is 5.69. The van der Waals surface area contributed by atoms with Crippen LogP contribution in [-0.2, 0) is 19.2 Å². The molecule has 3 aliphatic carbocycles. The van der Waals surface area contributed by atoms with Crippen LogP contribution in [0.4, 0.5) is 0 Å². The van der Waals surface area contributed by atoms with Crippen LogP contribution in [0.2, 0.25) is 0 Å². The lowest BCUT2D eigenvalue weighted by Crippen LogP contribution is -2.39. The molecule has 1 fully saturated rings. The highest BCUT2D eigenvalue weighted by molar-refractivity contribution is 9.12. The van der Waals surface area contributed by atoms with E-state index in [4.69, 9.17) is 4.74 Å². The second kappa shape index (κ2) is 7.80. The number of benzene rings is 1. The molecule has 7 nitrogen and oxygen atoms in total. The molecule has 5 rings (SSSR count). The number of ether oxygens (including phenoxy) is 1. The minimum absolute atomic E-state index is 0.0623. The minimum atomic E-state index is -0.747. The third-order valence-electron chi connectivity index (χ3n) is 7.29. The van der Waals surface area contributed by atoms with Crippen molar-refractivity contribution in [2.75, 3.05) is 13.7 Å². The smallest absolute Gasteiger partial charge is 0.233 e. The number of allylic oxidation sites excluding steroid dienone is 6. The summed E-state index contributed by atoms with van der Waals surface area (Å²) >= 11 is 3.20. The van der Waals surface area contributed by atoms with Crippen LogP contribution in [0.25, 0.3) is 0 Å². The average molecular weight is 512 g/mol. The molecule has 1 N–H and O–H groups in total. The number of nitrogens with zero attached hydrogens (tertiary/aromatic N) is 1. The number of halogens is 1. The maximum atomic E-state index is 13.3. The Morgan fingerprint density at radius 2 is 1.91 bits per heavy atom. The predicted molar refractivity (Wildman–Crippen MR) is 122 cm³/mol. The zero-order valence-electron chi connectivity index (χ0n) is 18.1. The van der Waals surface area contributed by atoms with Gasteiger partial charge in [0.1, 0.15) is 11.5 Å². The Morgan fingerprint density at radius 1 is 1.15 bits per heavy atom. The normalized spacial score (nSPS) is 28.9. The van der Waals surface area contributed by atoms with E-state index in [9.17, 15) is 24.3 Å². The first-order valence-electron chi connectivity index (χ1n) is 10.9. The first kappa shape index (κ1) is 21.8. The molecule has 2 amide bonds. The van der Waals surface area contributed by atoms with Crippen molar-refractivity contribution in [3.63, 3.8) is 0 Å². The van der Waals surface area contributed by atoms with Gasteiger partial charge >= 0.3 is 0 Å². The SMILES string of the molecule is CCN1C(=O)[C@H]2[C@H](CC=C3[C@H](c4c(O)cccc4OC)C4=C(C[C@H]32)C(=O)C(Br)=CC4=O)C1=O. The number of carbonyl (C=O) groups excluding carboxylic acids is 4. The number of hydrogen-bond acceptors (Lipinski definition) is 6. The van der Waals surface area contributed by atoms with Crippen molar-refractivity contribution in [1.82, 2.24) is 4.90 Å². The Kier molecular flexibility index (Phi) is 5.16. The van der Waals surface area contributed by atoms with Crippen molar-refractivity contribution in [3.05, 3.63) is 57.1 Å². The molecule has 1 aromatic carbocycles. The number of hydrogen-bond donors (Lipinski definition) is 1. The van der Waals surface area contributed by atoms with Crippen LogP contribution in [-0.4, -0.2) is 47.0 Å². The van der Waals surface area contributed by atoms with Gasteiger partial charge in [-0.3, -0.25) is 24.1 Å². The van der Waals surface area contributed by atoms with Crippen LogP contribution in [0.5, 0.6) is 11.5 Å². The molecule has 0 saturated carbocycles. The molecule has 4 aliphatic rings. The van der Waals surface area contributed by atoms with E-state index >= 15 is 0 Å². The number of rotatable bonds is 3. The molecule has 1 saturated heterocycles. The third-order valence-corrected chi connectivity index (χ3v) is 7.88. The fraction of sp³-hybridized carbons (Fsp3) is 0.360. The first-order valence-corrected chi connectivity index (χ1v) is 11.7. The lowest BCUT2D eigenvalue weighted by atomic mass is 9.59. The first-order chi connectivity index (χ1) is 15.8. The lowest BCUT2D eigenvalue weighted by molar-refractivity contribution is -0.139. The molecule has 0 bridgehead atoms. The standard InChI is InChI=1S/C25H22BrNO6/c1-3-27-24(31)12-8-7-11-13(19(12)25(27)32)9-14-20(17(29)10-15(26)23(14)30)21(11)22-16(28)5-4-6-18(22)33-2/h4-7,10,12-13,19,21,28H,3,8-9H2,1-2H3/t12-,13+,19-,21-/m0/s1. The number of imide groups is 1. The number of Topliss-reactive ketones (excluding diaryl/α,β-unsaturated/α-hetero) is 1. The van der Waals surface area contributed by atoms with Crippen molar-refractivity contribution >= 4 is 39.3 Å². The summed E-state index contributed by atoms with van der Waals surface area (Å²) in [7, 11) is 1.47. The minimum Gasteiger partial charge on any atom is -0.507 e. The molecule has 0 spiro atoms. The number of amides is 2. The van der Waals surface area contributed by atoms with Crippen LogP contribution in [0.3, 0.4) is 0 Å². The monoisotopic (exact) mass is 511 g/mol. The highest BCUT2D eigenvalue weighted by Crippen LogP contribution is 2.57. The van der Waals surface area contributed by atoms with Gasteiger partial charge in [0, 0.05) is 35.2 Å². The second-order valence-corrected chi connectivity index (χ2v) is 9.56. The number of carbonyl (C=O) groups is 4. The maximum Gasteiger partial charge on any atom is 0.233 e. The Labute approximate surface area is 198 Å². The van der Waals surface area contributed by atoms with Crippen molar-refractivity contribution in [3.8, 4) is 11.5 Å². The van der Waals surface area contributed by atoms with Gasteiger partial charge in [-0.15, -0.1) is 0 Å². The molecule has 170 valence electrons. The number of ketones is 2. The predicted octanol–water partition coefficient (Wildman–Crippen LogP) is 3.18. The van der Waals surface area contributed by atoms with Crippen LogP contribution in [0.15, 0.2) is 51.6 Å². The van der Waals surface area contributed by atoms with Gasteiger partial charge in [-0.25, -0.2) is 0 Å². The molecule has 0 aromatic heterocycles. The number of fused-ring (bicyclic) bond motifs is 3. The maximum absolute atomic E-state index is 13.3. The van der Waals surface area contributed by atoms with Gasteiger partial charge in [0.2, 0.25) is 11.8 Å². The van der Waals surface area contributed by atoms with Crippen LogP contribution in [0, 0.1) is 17.8 Å². The van der Waals surface area contributed by atoms with Crippen LogP contribution >= 0.6 is 15.9 Å². The second-order valence-electron chi connectivity index (χ2n) is 8.71. The largest absolute Gasteiger partial charge is 0.507 e. The summed E-state index contributed by atoms with van der Waals surface area (Å²) in [6.45, 7) is 2.06. The molecule has 33 heavy (non-hydrogen) atoms. The van der Waals surface area contributed by atoms with E-state index in [0.29, 0.717) is 35.4 Å². The third kappa shape index (κ3) is 3.00. The molecule has 0 unspecified atom stereocenters. The quantitative estimate of drug-likeness (QED) is 0.380. The van der Waals surface area contributed by atoms with Gasteiger partial charge in [0.05, 0.1) is 23.4 Å². The molecule has 0 radical (unpaired) electrons. The van der Waals surface area contributed by atoms with Gasteiger partial charge in [-0.05, 0) is 53.7 Å². The molecular weight excluding hydrogens is 490 g/mol. The summed E-state index contributed by atoms with van der Waals surface area (Å²) in [6.07, 6.45) is 3.74. The zero-order chi connectivity index (χ0) is 23.6. The van der Waals surface area contributed by atoms with Gasteiger partial charge in [0.25, 0.3) is 0 Å². The molecule has 1 heterocycles. The van der Waals surface area contributed by atoms with Crippen molar-refractivity contribution in [2.45, 2.75) is 25.7 Å².